The van der Waals surface area contributed by atoms with E-state index in [0.717, 1.165) is 17.9 Å². The van der Waals surface area contributed by atoms with Gasteiger partial charge in [-0.1, -0.05) is 42.5 Å². The van der Waals surface area contributed by atoms with Gasteiger partial charge in [0, 0.05) is 12.6 Å². The molecule has 0 saturated heterocycles. The highest BCUT2D eigenvalue weighted by Gasteiger charge is 2.27. The Morgan fingerprint density at radius 3 is 2.38 bits per heavy atom. The van der Waals surface area contributed by atoms with Crippen LogP contribution in [0.15, 0.2) is 54.6 Å². The summed E-state index contributed by atoms with van der Waals surface area (Å²) < 4.78 is 0. The fourth-order valence-corrected chi connectivity index (χ4v) is 2.97. The second-order valence-corrected chi connectivity index (χ2v) is 6.16. The molecule has 2 aromatic carbocycles. The Bertz CT molecular complexity index is 690. The van der Waals surface area contributed by atoms with E-state index in [-0.39, 0.29) is 25.1 Å². The maximum absolute atomic E-state index is 12.2. The van der Waals surface area contributed by atoms with Gasteiger partial charge in [-0.2, -0.15) is 0 Å². The zero-order chi connectivity index (χ0) is 16.9. The molecular weight excluding hydrogens is 302 g/mol. The van der Waals surface area contributed by atoms with Crippen LogP contribution in [0.25, 0.3) is 0 Å². The largest absolute Gasteiger partial charge is 0.394 e. The molecule has 5 nitrogen and oxygen atoms in total. The van der Waals surface area contributed by atoms with Crippen LogP contribution in [0, 0.1) is 0 Å². The molecule has 5 heteroatoms. The van der Waals surface area contributed by atoms with Gasteiger partial charge >= 0.3 is 0 Å². The van der Waals surface area contributed by atoms with Gasteiger partial charge in [0.15, 0.2) is 0 Å². The average molecular weight is 325 g/mol. The highest BCUT2D eigenvalue weighted by Crippen LogP contribution is 2.36. The van der Waals surface area contributed by atoms with Crippen molar-refractivity contribution in [3.63, 3.8) is 0 Å². The molecule has 0 radical (unpaired) electrons. The highest BCUT2D eigenvalue weighted by molar-refractivity contribution is 5.86. The van der Waals surface area contributed by atoms with Crippen molar-refractivity contribution in [2.24, 2.45) is 0 Å². The first-order valence-corrected chi connectivity index (χ1v) is 8.20. The number of aliphatic hydroxyl groups excluding tert-OH is 1. The SMILES string of the molecule is C[C@@H](CO)NC(=O)CN1CN(Cc2ccccc2)c2ccccc21. The predicted molar refractivity (Wildman–Crippen MR) is 96.0 cm³/mol. The van der Waals surface area contributed by atoms with Crippen LogP contribution in [-0.4, -0.2) is 36.9 Å². The van der Waals surface area contributed by atoms with E-state index < -0.39 is 0 Å². The summed E-state index contributed by atoms with van der Waals surface area (Å²) in [6.45, 7) is 3.50. The van der Waals surface area contributed by atoms with Crippen molar-refractivity contribution in [1.29, 1.82) is 0 Å². The summed E-state index contributed by atoms with van der Waals surface area (Å²) >= 11 is 0. The molecule has 0 fully saturated rings. The highest BCUT2D eigenvalue weighted by atomic mass is 16.3. The first-order chi connectivity index (χ1) is 11.7. The van der Waals surface area contributed by atoms with Crippen LogP contribution in [0.4, 0.5) is 11.4 Å². The van der Waals surface area contributed by atoms with E-state index in [9.17, 15) is 4.79 Å². The van der Waals surface area contributed by atoms with Crippen molar-refractivity contribution in [3.8, 4) is 0 Å². The molecule has 0 aliphatic carbocycles. The molecular formula is C19H23N3O2. The molecule has 0 aromatic heterocycles. The van der Waals surface area contributed by atoms with Gasteiger partial charge in [0.25, 0.3) is 0 Å². The predicted octanol–water partition coefficient (Wildman–Crippen LogP) is 1.97. The van der Waals surface area contributed by atoms with Gasteiger partial charge < -0.3 is 20.2 Å². The topological polar surface area (TPSA) is 55.8 Å². The van der Waals surface area contributed by atoms with E-state index in [4.69, 9.17) is 5.11 Å². The summed E-state index contributed by atoms with van der Waals surface area (Å²) in [5.74, 6) is -0.0760. The Hall–Kier alpha value is -2.53. The number of anilines is 2. The number of hydrogen-bond acceptors (Lipinski definition) is 4. The lowest BCUT2D eigenvalue weighted by atomic mass is 10.2. The molecule has 0 unspecified atom stereocenters. The molecule has 1 aliphatic rings. The normalized spacial score (nSPS) is 14.4. The second kappa shape index (κ2) is 7.36. The fraction of sp³-hybridized carbons (Fsp3) is 0.316. The molecule has 24 heavy (non-hydrogen) atoms. The minimum absolute atomic E-state index is 0.0531. The lowest BCUT2D eigenvalue weighted by Gasteiger charge is -2.22. The lowest BCUT2D eigenvalue weighted by Crippen LogP contribution is -2.43. The van der Waals surface area contributed by atoms with Gasteiger partial charge in [-0.05, 0) is 24.6 Å². The molecule has 0 spiro atoms. The smallest absolute Gasteiger partial charge is 0.239 e. The first-order valence-electron chi connectivity index (χ1n) is 8.20. The zero-order valence-electron chi connectivity index (χ0n) is 13.9. The van der Waals surface area contributed by atoms with E-state index in [1.807, 2.05) is 36.4 Å². The van der Waals surface area contributed by atoms with Crippen LogP contribution in [0.3, 0.4) is 0 Å². The maximum atomic E-state index is 12.2. The van der Waals surface area contributed by atoms with Crippen LogP contribution < -0.4 is 15.1 Å². The molecule has 1 amide bonds. The van der Waals surface area contributed by atoms with Gasteiger partial charge in [-0.3, -0.25) is 4.79 Å². The number of fused-ring (bicyclic) bond motifs is 1. The summed E-state index contributed by atoms with van der Waals surface area (Å²) in [7, 11) is 0. The number of benzene rings is 2. The molecule has 0 bridgehead atoms. The number of nitrogens with zero attached hydrogens (tertiary/aromatic N) is 2. The van der Waals surface area contributed by atoms with Gasteiger partial charge in [-0.15, -0.1) is 0 Å². The summed E-state index contributed by atoms with van der Waals surface area (Å²) in [5, 5.41) is 11.9. The van der Waals surface area contributed by atoms with Crippen molar-refractivity contribution in [2.45, 2.75) is 19.5 Å². The Labute approximate surface area is 142 Å². The van der Waals surface area contributed by atoms with E-state index in [1.54, 1.807) is 6.92 Å². The van der Waals surface area contributed by atoms with Crippen LogP contribution in [0.1, 0.15) is 12.5 Å². The molecule has 126 valence electrons. The van der Waals surface area contributed by atoms with Gasteiger partial charge in [0.1, 0.15) is 0 Å². The van der Waals surface area contributed by atoms with Crippen molar-refractivity contribution >= 4 is 17.3 Å². The third-order valence-corrected chi connectivity index (χ3v) is 4.14. The van der Waals surface area contributed by atoms with E-state index in [2.05, 4.69) is 33.3 Å². The van der Waals surface area contributed by atoms with Crippen LogP contribution in [0.5, 0.6) is 0 Å². The molecule has 0 saturated carbocycles. The number of rotatable bonds is 6. The van der Waals surface area contributed by atoms with Gasteiger partial charge in [0.2, 0.25) is 5.91 Å². The number of nitrogens with one attached hydrogen (secondary N) is 1. The number of aliphatic hydroxyl groups is 1. The minimum atomic E-state index is -0.226. The quantitative estimate of drug-likeness (QED) is 0.853. The summed E-state index contributed by atoms with van der Waals surface area (Å²) in [6, 6.07) is 18.2. The van der Waals surface area contributed by atoms with E-state index in [0.29, 0.717) is 6.67 Å². The maximum Gasteiger partial charge on any atom is 0.239 e. The van der Waals surface area contributed by atoms with Crippen molar-refractivity contribution < 1.29 is 9.90 Å². The zero-order valence-corrected chi connectivity index (χ0v) is 13.9. The van der Waals surface area contributed by atoms with Crippen LogP contribution in [0.2, 0.25) is 0 Å². The summed E-state index contributed by atoms with van der Waals surface area (Å²) in [5.41, 5.74) is 3.46. The summed E-state index contributed by atoms with van der Waals surface area (Å²) in [6.07, 6.45) is 0. The average Bonchev–Trinajstić information content (AvgIpc) is 2.93. The van der Waals surface area contributed by atoms with Gasteiger partial charge in [0.05, 0.1) is 31.2 Å². The molecule has 1 heterocycles. The summed E-state index contributed by atoms with van der Waals surface area (Å²) in [4.78, 5) is 16.5. The molecule has 1 atom stereocenters. The molecule has 1 aliphatic heterocycles. The Morgan fingerprint density at radius 2 is 1.71 bits per heavy atom. The standard InChI is InChI=1S/C19H23N3O2/c1-15(13-23)20-19(24)12-22-14-21(11-16-7-3-2-4-8-16)17-9-5-6-10-18(17)22/h2-10,15,23H,11-14H2,1H3,(H,20,24)/t15-/m0/s1. The third kappa shape index (κ3) is 3.68. The lowest BCUT2D eigenvalue weighted by molar-refractivity contribution is -0.120. The monoisotopic (exact) mass is 325 g/mol. The van der Waals surface area contributed by atoms with E-state index in [1.165, 1.54) is 5.56 Å². The van der Waals surface area contributed by atoms with Gasteiger partial charge in [-0.25, -0.2) is 0 Å². The third-order valence-electron chi connectivity index (χ3n) is 4.14. The first kappa shape index (κ1) is 16.3. The fourth-order valence-electron chi connectivity index (χ4n) is 2.97. The number of carbonyl (C=O) groups excluding carboxylic acids is 1. The second-order valence-electron chi connectivity index (χ2n) is 6.16. The number of amides is 1. The van der Waals surface area contributed by atoms with E-state index >= 15 is 0 Å². The Balaban J connectivity index is 1.72. The molecule has 3 rings (SSSR count). The molecule has 2 N–H and O–H groups in total. The molecule has 2 aromatic rings. The van der Waals surface area contributed by atoms with Crippen LogP contribution >= 0.6 is 0 Å². The van der Waals surface area contributed by atoms with Crippen molar-refractivity contribution in [3.05, 3.63) is 60.2 Å². The Morgan fingerprint density at radius 1 is 1.08 bits per heavy atom. The van der Waals surface area contributed by atoms with Crippen LogP contribution in [-0.2, 0) is 11.3 Å². The number of para-hydroxylation sites is 2. The van der Waals surface area contributed by atoms with Crippen molar-refractivity contribution in [2.75, 3.05) is 29.6 Å². The number of hydrogen-bond donors (Lipinski definition) is 2. The van der Waals surface area contributed by atoms with Crippen molar-refractivity contribution in [1.82, 2.24) is 5.32 Å². The Kier molecular flexibility index (Phi) is 5.01. The minimum Gasteiger partial charge on any atom is -0.394 e. The number of carbonyl (C=O) groups is 1.